The Bertz CT molecular complexity index is 1030. The van der Waals surface area contributed by atoms with Crippen LogP contribution in [0.15, 0.2) is 46.8 Å². The van der Waals surface area contributed by atoms with Gasteiger partial charge < -0.3 is 4.90 Å². The molecule has 0 spiro atoms. The Morgan fingerprint density at radius 3 is 2.58 bits per heavy atom. The van der Waals surface area contributed by atoms with Gasteiger partial charge in [-0.1, -0.05) is 30.3 Å². The van der Waals surface area contributed by atoms with E-state index in [1.165, 1.54) is 22.2 Å². The van der Waals surface area contributed by atoms with Crippen LogP contribution in [-0.2, 0) is 16.1 Å². The summed E-state index contributed by atoms with van der Waals surface area (Å²) in [5.41, 5.74) is 1.58. The maximum atomic E-state index is 13.0. The predicted octanol–water partition coefficient (Wildman–Crippen LogP) is 2.32. The van der Waals surface area contributed by atoms with Gasteiger partial charge in [-0.25, -0.2) is 4.98 Å². The van der Waals surface area contributed by atoms with Crippen LogP contribution in [0, 0.1) is 0 Å². The molecule has 6 nitrogen and oxygen atoms in total. The number of aromatic nitrogens is 2. The van der Waals surface area contributed by atoms with Gasteiger partial charge >= 0.3 is 0 Å². The number of hydrogen-bond acceptors (Lipinski definition) is 5. The molecule has 4 rings (SSSR count). The Kier molecular flexibility index (Phi) is 4.38. The van der Waals surface area contributed by atoms with Crippen molar-refractivity contribution in [1.29, 1.82) is 0 Å². The van der Waals surface area contributed by atoms with Crippen LogP contribution in [0.3, 0.4) is 0 Å². The molecular formula is C19H17N3O3S. The minimum absolute atomic E-state index is 0.0555. The average molecular weight is 367 g/mol. The van der Waals surface area contributed by atoms with Gasteiger partial charge in [-0.2, -0.15) is 0 Å². The van der Waals surface area contributed by atoms with Crippen molar-refractivity contribution < 1.29 is 9.59 Å². The lowest BCUT2D eigenvalue weighted by molar-refractivity contribution is -0.135. The zero-order valence-electron chi connectivity index (χ0n) is 14.1. The second-order valence-corrected chi connectivity index (χ2v) is 7.15. The first-order valence-electron chi connectivity index (χ1n) is 8.45. The molecule has 132 valence electrons. The lowest BCUT2D eigenvalue weighted by Crippen LogP contribution is -2.41. The predicted molar refractivity (Wildman–Crippen MR) is 100 cm³/mol. The number of carbonyl (C=O) groups is 2. The summed E-state index contributed by atoms with van der Waals surface area (Å²) >= 11 is 1.42. The molecule has 1 aliphatic heterocycles. The fraction of sp³-hybridized carbons (Fsp3) is 0.263. The molecule has 0 atom stereocenters. The summed E-state index contributed by atoms with van der Waals surface area (Å²) in [5, 5.41) is 2.47. The van der Waals surface area contributed by atoms with E-state index in [1.807, 2.05) is 35.7 Å². The highest BCUT2D eigenvalue weighted by Gasteiger charge is 2.22. The van der Waals surface area contributed by atoms with Crippen LogP contribution >= 0.6 is 11.3 Å². The quantitative estimate of drug-likeness (QED) is 0.712. The first kappa shape index (κ1) is 16.7. The van der Waals surface area contributed by atoms with Crippen LogP contribution in [0.25, 0.3) is 21.3 Å². The van der Waals surface area contributed by atoms with Gasteiger partial charge in [-0.15, -0.1) is 11.3 Å². The number of carbonyl (C=O) groups excluding carboxylic acids is 2. The van der Waals surface area contributed by atoms with Gasteiger partial charge in [0.05, 0.1) is 11.7 Å². The molecule has 0 unspecified atom stereocenters. The number of Topliss-reactive ketones (excluding diaryl/α,β-unsaturated/α-hetero) is 1. The number of amides is 1. The van der Waals surface area contributed by atoms with E-state index in [1.54, 1.807) is 4.90 Å². The third-order valence-corrected chi connectivity index (χ3v) is 5.51. The van der Waals surface area contributed by atoms with Crippen LogP contribution in [0.5, 0.6) is 0 Å². The maximum absolute atomic E-state index is 13.0. The molecule has 1 amide bonds. The minimum atomic E-state index is -0.212. The molecule has 2 aromatic heterocycles. The monoisotopic (exact) mass is 367 g/mol. The molecule has 0 saturated carbocycles. The highest BCUT2D eigenvalue weighted by molar-refractivity contribution is 7.17. The highest BCUT2D eigenvalue weighted by Crippen LogP contribution is 2.30. The van der Waals surface area contributed by atoms with Crippen LogP contribution in [0.4, 0.5) is 0 Å². The van der Waals surface area contributed by atoms with Gasteiger partial charge in [0.25, 0.3) is 5.56 Å². The maximum Gasteiger partial charge on any atom is 0.263 e. The Morgan fingerprint density at radius 1 is 1.12 bits per heavy atom. The van der Waals surface area contributed by atoms with E-state index < -0.39 is 0 Å². The Morgan fingerprint density at radius 2 is 1.85 bits per heavy atom. The summed E-state index contributed by atoms with van der Waals surface area (Å²) in [6, 6.07) is 9.68. The zero-order chi connectivity index (χ0) is 18.1. The van der Waals surface area contributed by atoms with Crippen LogP contribution in [-0.4, -0.2) is 39.2 Å². The second-order valence-electron chi connectivity index (χ2n) is 6.29. The standard InChI is InChI=1S/C19H17N3O3S/c23-14-6-8-21(9-7-14)16(24)10-22-12-20-18-17(19(22)25)15(11-26-18)13-4-2-1-3-5-13/h1-5,11-12H,6-10H2. The number of likely N-dealkylation sites (tertiary alicyclic amines) is 1. The van der Waals surface area contributed by atoms with Crippen molar-refractivity contribution in [2.24, 2.45) is 0 Å². The average Bonchev–Trinajstić information content (AvgIpc) is 3.10. The number of ketones is 1. The van der Waals surface area contributed by atoms with Gasteiger partial charge in [0.1, 0.15) is 17.2 Å². The molecule has 0 bridgehead atoms. The number of hydrogen-bond donors (Lipinski definition) is 0. The number of nitrogens with zero attached hydrogens (tertiary/aromatic N) is 3. The van der Waals surface area contributed by atoms with Crippen molar-refractivity contribution in [2.75, 3.05) is 13.1 Å². The van der Waals surface area contributed by atoms with Crippen molar-refractivity contribution in [3.8, 4) is 11.1 Å². The third-order valence-electron chi connectivity index (χ3n) is 4.62. The molecule has 0 N–H and O–H groups in total. The van der Waals surface area contributed by atoms with Crippen molar-refractivity contribution in [1.82, 2.24) is 14.5 Å². The van der Waals surface area contributed by atoms with Crippen LogP contribution in [0.1, 0.15) is 12.8 Å². The smallest absolute Gasteiger partial charge is 0.263 e. The topological polar surface area (TPSA) is 72.3 Å². The largest absolute Gasteiger partial charge is 0.340 e. The van der Waals surface area contributed by atoms with Crippen molar-refractivity contribution in [2.45, 2.75) is 19.4 Å². The molecule has 1 saturated heterocycles. The second kappa shape index (κ2) is 6.84. The van der Waals surface area contributed by atoms with Crippen molar-refractivity contribution >= 4 is 33.2 Å². The Labute approximate surface area is 153 Å². The number of benzene rings is 1. The van der Waals surface area contributed by atoms with Gasteiger partial charge in [-0.3, -0.25) is 19.0 Å². The number of piperidine rings is 1. The molecule has 3 aromatic rings. The van der Waals surface area contributed by atoms with Crippen molar-refractivity contribution in [3.63, 3.8) is 0 Å². The summed E-state index contributed by atoms with van der Waals surface area (Å²) in [5.74, 6) is 0.0253. The van der Waals surface area contributed by atoms with Gasteiger partial charge in [-0.05, 0) is 5.56 Å². The van der Waals surface area contributed by atoms with E-state index in [-0.39, 0.29) is 23.8 Å². The summed E-state index contributed by atoms with van der Waals surface area (Å²) in [4.78, 5) is 43.4. The van der Waals surface area contributed by atoms with E-state index in [0.29, 0.717) is 36.1 Å². The lowest BCUT2D eigenvalue weighted by atomic mass is 10.1. The molecule has 7 heteroatoms. The molecule has 1 fully saturated rings. The summed E-state index contributed by atoms with van der Waals surface area (Å²) in [7, 11) is 0. The van der Waals surface area contributed by atoms with Crippen molar-refractivity contribution in [3.05, 3.63) is 52.4 Å². The Balaban J connectivity index is 1.66. The summed E-state index contributed by atoms with van der Waals surface area (Å²) in [6.07, 6.45) is 2.21. The number of rotatable bonds is 3. The SMILES string of the molecule is O=C1CCN(C(=O)Cn2cnc3scc(-c4ccccc4)c3c2=O)CC1. The number of thiophene rings is 1. The van der Waals surface area contributed by atoms with E-state index in [2.05, 4.69) is 4.98 Å². The normalized spacial score (nSPS) is 14.8. The number of fused-ring (bicyclic) bond motifs is 1. The first-order valence-corrected chi connectivity index (χ1v) is 9.33. The molecule has 26 heavy (non-hydrogen) atoms. The van der Waals surface area contributed by atoms with E-state index in [4.69, 9.17) is 0 Å². The van der Waals surface area contributed by atoms with Gasteiger partial charge in [0, 0.05) is 36.9 Å². The molecule has 0 aliphatic carbocycles. The summed E-state index contributed by atoms with van der Waals surface area (Å²) < 4.78 is 1.36. The minimum Gasteiger partial charge on any atom is -0.340 e. The molecular weight excluding hydrogens is 350 g/mol. The molecule has 3 heterocycles. The van der Waals surface area contributed by atoms with Crippen LogP contribution < -0.4 is 5.56 Å². The molecule has 1 aromatic carbocycles. The van der Waals surface area contributed by atoms with Gasteiger partial charge in [0.2, 0.25) is 5.91 Å². The first-order chi connectivity index (χ1) is 12.6. The zero-order valence-corrected chi connectivity index (χ0v) is 14.9. The van der Waals surface area contributed by atoms with Crippen LogP contribution in [0.2, 0.25) is 0 Å². The fourth-order valence-corrected chi connectivity index (χ4v) is 4.07. The Hall–Kier alpha value is -2.80. The third kappa shape index (κ3) is 3.06. The van der Waals surface area contributed by atoms with E-state index >= 15 is 0 Å². The van der Waals surface area contributed by atoms with Gasteiger partial charge in [0.15, 0.2) is 0 Å². The molecule has 0 radical (unpaired) electrons. The summed E-state index contributed by atoms with van der Waals surface area (Å²) in [6.45, 7) is 0.797. The van der Waals surface area contributed by atoms with E-state index in [0.717, 1.165) is 11.1 Å². The fourth-order valence-electron chi connectivity index (χ4n) is 3.16. The highest BCUT2D eigenvalue weighted by atomic mass is 32.1. The molecule has 1 aliphatic rings. The van der Waals surface area contributed by atoms with E-state index in [9.17, 15) is 14.4 Å². The lowest BCUT2D eigenvalue weighted by Gasteiger charge is -2.26.